The highest BCUT2D eigenvalue weighted by molar-refractivity contribution is 6.01. The van der Waals surface area contributed by atoms with Gasteiger partial charge in [-0.1, -0.05) is 0 Å². The summed E-state index contributed by atoms with van der Waals surface area (Å²) in [5.41, 5.74) is 0. The fourth-order valence-electron chi connectivity index (χ4n) is 1.80. The molecule has 1 aliphatic rings. The molecule has 0 radical (unpaired) electrons. The predicted octanol–water partition coefficient (Wildman–Crippen LogP) is 0.185. The lowest BCUT2D eigenvalue weighted by atomic mass is 10.1. The highest BCUT2D eigenvalue weighted by atomic mass is 16.2. The van der Waals surface area contributed by atoms with Gasteiger partial charge in [-0.2, -0.15) is 0 Å². The Morgan fingerprint density at radius 3 is 2.53 bits per heavy atom. The Bertz CT molecular complexity index is 326. The number of hydrogen-bond donors (Lipinski definition) is 1. The second-order valence-electron chi connectivity index (χ2n) is 4.00. The third-order valence-electron chi connectivity index (χ3n) is 3.00. The van der Waals surface area contributed by atoms with E-state index in [4.69, 9.17) is 0 Å². The third-order valence-corrected chi connectivity index (χ3v) is 3.00. The largest absolute Gasteiger partial charge is 0.326 e. The summed E-state index contributed by atoms with van der Waals surface area (Å²) in [6.07, 6.45) is 0.681. The fourth-order valence-corrected chi connectivity index (χ4v) is 1.80. The number of nitrogens with zero attached hydrogens (tertiary/aromatic N) is 2. The Balaban J connectivity index is 2.60. The highest BCUT2D eigenvalue weighted by Gasteiger charge is 2.33. The van der Waals surface area contributed by atoms with Crippen LogP contribution in [0.4, 0.5) is 4.79 Å². The molecule has 1 N–H and O–H groups in total. The maximum atomic E-state index is 11.8. The van der Waals surface area contributed by atoms with Gasteiger partial charge in [-0.05, 0) is 20.3 Å². The summed E-state index contributed by atoms with van der Waals surface area (Å²) in [7, 11) is 1.44. The van der Waals surface area contributed by atoms with Crippen molar-refractivity contribution in [1.29, 1.82) is 0 Å². The zero-order valence-corrected chi connectivity index (χ0v) is 10.5. The van der Waals surface area contributed by atoms with E-state index in [1.807, 2.05) is 13.8 Å². The van der Waals surface area contributed by atoms with Gasteiger partial charge in [-0.3, -0.25) is 14.5 Å². The molecule has 1 unspecified atom stereocenters. The number of likely N-dealkylation sites (N-methyl/N-ethyl adjacent to an activating group) is 1. The first-order valence-electron chi connectivity index (χ1n) is 5.87. The van der Waals surface area contributed by atoms with E-state index in [-0.39, 0.29) is 17.8 Å². The molecule has 1 heterocycles. The van der Waals surface area contributed by atoms with Crippen LogP contribution in [0.25, 0.3) is 0 Å². The molecule has 1 fully saturated rings. The molecular weight excluding hydrogens is 222 g/mol. The van der Waals surface area contributed by atoms with Crippen LogP contribution in [0.15, 0.2) is 0 Å². The lowest BCUT2D eigenvalue weighted by Gasteiger charge is -2.30. The zero-order chi connectivity index (χ0) is 13.0. The maximum absolute atomic E-state index is 11.8. The van der Waals surface area contributed by atoms with Gasteiger partial charge in [0.2, 0.25) is 5.91 Å². The average Bonchev–Trinajstić information content (AvgIpc) is 2.31. The fraction of sp³-hybridized carbons (Fsp3) is 0.727. The molecule has 0 aliphatic carbocycles. The van der Waals surface area contributed by atoms with Crippen molar-refractivity contribution in [2.24, 2.45) is 0 Å². The van der Waals surface area contributed by atoms with Gasteiger partial charge in [0.1, 0.15) is 6.04 Å². The van der Waals surface area contributed by atoms with Gasteiger partial charge < -0.3 is 10.2 Å². The molecule has 1 saturated heterocycles. The lowest BCUT2D eigenvalue weighted by molar-refractivity contribution is -0.147. The molecule has 96 valence electrons. The minimum Gasteiger partial charge on any atom is -0.326 e. The molecule has 0 spiro atoms. The summed E-state index contributed by atoms with van der Waals surface area (Å²) in [4.78, 5) is 37.5. The minimum absolute atomic E-state index is 0.191. The van der Waals surface area contributed by atoms with Crippen molar-refractivity contribution in [3.63, 3.8) is 0 Å². The number of likely N-dealkylation sites (tertiary alicyclic amines) is 1. The van der Waals surface area contributed by atoms with Crippen LogP contribution in [0.1, 0.15) is 26.7 Å². The molecule has 0 aromatic heterocycles. The van der Waals surface area contributed by atoms with E-state index in [2.05, 4.69) is 5.32 Å². The van der Waals surface area contributed by atoms with Crippen molar-refractivity contribution in [1.82, 2.24) is 15.1 Å². The van der Waals surface area contributed by atoms with Gasteiger partial charge in [0.25, 0.3) is 5.91 Å². The Morgan fingerprint density at radius 2 is 2.00 bits per heavy atom. The van der Waals surface area contributed by atoms with Crippen molar-refractivity contribution >= 4 is 17.8 Å². The van der Waals surface area contributed by atoms with Crippen LogP contribution in [-0.4, -0.2) is 53.8 Å². The summed E-state index contributed by atoms with van der Waals surface area (Å²) in [6.45, 7) is 4.94. The number of hydrogen-bond acceptors (Lipinski definition) is 3. The van der Waals surface area contributed by atoms with E-state index in [0.29, 0.717) is 25.9 Å². The van der Waals surface area contributed by atoms with E-state index in [1.165, 1.54) is 7.05 Å². The van der Waals surface area contributed by atoms with Crippen molar-refractivity contribution in [3.05, 3.63) is 0 Å². The standard InChI is InChI=1S/C11H19N3O3/c1-4-14(5-2)11(17)12-8-6-7-9(15)13(3)10(8)16/h8H,4-7H2,1-3H3,(H,12,17). The van der Waals surface area contributed by atoms with Crippen molar-refractivity contribution in [2.45, 2.75) is 32.7 Å². The van der Waals surface area contributed by atoms with Gasteiger partial charge >= 0.3 is 6.03 Å². The molecule has 6 heteroatoms. The molecule has 1 atom stereocenters. The average molecular weight is 241 g/mol. The topological polar surface area (TPSA) is 69.7 Å². The number of imide groups is 1. The van der Waals surface area contributed by atoms with E-state index in [0.717, 1.165) is 4.90 Å². The molecule has 4 amide bonds. The zero-order valence-electron chi connectivity index (χ0n) is 10.5. The van der Waals surface area contributed by atoms with Crippen LogP contribution in [0, 0.1) is 0 Å². The van der Waals surface area contributed by atoms with Gasteiger partial charge in [0.15, 0.2) is 0 Å². The molecular formula is C11H19N3O3. The molecule has 1 aliphatic heterocycles. The van der Waals surface area contributed by atoms with Crippen LogP contribution in [0.5, 0.6) is 0 Å². The number of amides is 4. The molecule has 0 saturated carbocycles. The second-order valence-corrected chi connectivity index (χ2v) is 4.00. The van der Waals surface area contributed by atoms with Gasteiger partial charge in [-0.25, -0.2) is 4.79 Å². The van der Waals surface area contributed by atoms with E-state index < -0.39 is 6.04 Å². The first kappa shape index (κ1) is 13.5. The Labute approximate surface area is 101 Å². The smallest absolute Gasteiger partial charge is 0.318 e. The van der Waals surface area contributed by atoms with Crippen molar-refractivity contribution < 1.29 is 14.4 Å². The second kappa shape index (κ2) is 5.65. The van der Waals surface area contributed by atoms with Gasteiger partial charge in [-0.15, -0.1) is 0 Å². The van der Waals surface area contributed by atoms with Gasteiger partial charge in [0, 0.05) is 26.6 Å². The van der Waals surface area contributed by atoms with Crippen molar-refractivity contribution in [2.75, 3.05) is 20.1 Å². The van der Waals surface area contributed by atoms with Crippen LogP contribution in [0.3, 0.4) is 0 Å². The lowest BCUT2D eigenvalue weighted by Crippen LogP contribution is -2.55. The number of rotatable bonds is 3. The summed E-state index contributed by atoms with van der Waals surface area (Å²) < 4.78 is 0. The van der Waals surface area contributed by atoms with Gasteiger partial charge in [0.05, 0.1) is 0 Å². The third kappa shape index (κ3) is 2.95. The molecule has 1 rings (SSSR count). The number of carbonyl (C=O) groups excluding carboxylic acids is 3. The van der Waals surface area contributed by atoms with E-state index >= 15 is 0 Å². The van der Waals surface area contributed by atoms with Crippen LogP contribution < -0.4 is 5.32 Å². The van der Waals surface area contributed by atoms with Crippen LogP contribution in [-0.2, 0) is 9.59 Å². The number of piperidine rings is 1. The quantitative estimate of drug-likeness (QED) is 0.717. The summed E-state index contributed by atoms with van der Waals surface area (Å²) >= 11 is 0. The molecule has 17 heavy (non-hydrogen) atoms. The molecule has 0 aromatic rings. The maximum Gasteiger partial charge on any atom is 0.318 e. The molecule has 6 nitrogen and oxygen atoms in total. The molecule has 0 bridgehead atoms. The Hall–Kier alpha value is -1.59. The number of carbonyl (C=O) groups is 3. The van der Waals surface area contributed by atoms with E-state index in [9.17, 15) is 14.4 Å². The number of urea groups is 1. The first-order chi connectivity index (χ1) is 8.01. The highest BCUT2D eigenvalue weighted by Crippen LogP contribution is 2.11. The normalized spacial score (nSPS) is 20.4. The SMILES string of the molecule is CCN(CC)C(=O)NC1CCC(=O)N(C)C1=O. The van der Waals surface area contributed by atoms with Crippen LogP contribution in [0.2, 0.25) is 0 Å². The summed E-state index contributed by atoms with van der Waals surface area (Å²) in [5.74, 6) is -0.523. The summed E-state index contributed by atoms with van der Waals surface area (Å²) in [5, 5.41) is 2.67. The van der Waals surface area contributed by atoms with E-state index in [1.54, 1.807) is 4.90 Å². The predicted molar refractivity (Wildman–Crippen MR) is 62.3 cm³/mol. The first-order valence-corrected chi connectivity index (χ1v) is 5.87. The number of nitrogens with one attached hydrogen (secondary N) is 1. The Kier molecular flexibility index (Phi) is 4.48. The Morgan fingerprint density at radius 1 is 1.41 bits per heavy atom. The molecule has 0 aromatic carbocycles. The minimum atomic E-state index is -0.578. The van der Waals surface area contributed by atoms with Crippen LogP contribution >= 0.6 is 0 Å². The summed E-state index contributed by atoms with van der Waals surface area (Å²) in [6, 6.07) is -0.832. The monoisotopic (exact) mass is 241 g/mol. The van der Waals surface area contributed by atoms with Crippen molar-refractivity contribution in [3.8, 4) is 0 Å².